The van der Waals surface area contributed by atoms with Crippen molar-refractivity contribution in [2.75, 3.05) is 0 Å². The van der Waals surface area contributed by atoms with Crippen LogP contribution < -0.4 is 5.32 Å². The number of hydrogen-bond donors (Lipinski definition) is 1. The standard InChI is InChI=1S/C16H21ClFN3/c1-10-14(17)11(2)21(20-10)15-12(7-6-8-13(15)18)9-19-16(3,4)5/h6-8,19H,9H2,1-5H3. The molecule has 0 aliphatic rings. The monoisotopic (exact) mass is 309 g/mol. The predicted octanol–water partition coefficient (Wildman–Crippen LogP) is 4.17. The Kier molecular flexibility index (Phi) is 4.40. The number of nitrogens with zero attached hydrogens (tertiary/aromatic N) is 2. The van der Waals surface area contributed by atoms with E-state index in [0.29, 0.717) is 22.9 Å². The van der Waals surface area contributed by atoms with Crippen molar-refractivity contribution in [2.45, 2.75) is 46.7 Å². The molecule has 0 aliphatic carbocycles. The molecule has 2 rings (SSSR count). The summed E-state index contributed by atoms with van der Waals surface area (Å²) in [7, 11) is 0. The minimum atomic E-state index is -0.300. The van der Waals surface area contributed by atoms with E-state index >= 15 is 0 Å². The van der Waals surface area contributed by atoms with Gasteiger partial charge in [0, 0.05) is 12.1 Å². The topological polar surface area (TPSA) is 29.9 Å². The second-order valence-corrected chi connectivity index (χ2v) is 6.63. The fraction of sp³-hybridized carbons (Fsp3) is 0.438. The van der Waals surface area contributed by atoms with Gasteiger partial charge in [0.1, 0.15) is 11.5 Å². The van der Waals surface area contributed by atoms with Crippen LogP contribution in [0.15, 0.2) is 18.2 Å². The maximum Gasteiger partial charge on any atom is 0.149 e. The Morgan fingerprint density at radius 1 is 1.29 bits per heavy atom. The Balaban J connectivity index is 2.49. The zero-order chi connectivity index (χ0) is 15.8. The quantitative estimate of drug-likeness (QED) is 0.922. The lowest BCUT2D eigenvalue weighted by Crippen LogP contribution is -2.35. The van der Waals surface area contributed by atoms with E-state index in [1.165, 1.54) is 6.07 Å². The Morgan fingerprint density at radius 2 is 1.95 bits per heavy atom. The molecule has 114 valence electrons. The fourth-order valence-electron chi connectivity index (χ4n) is 2.14. The first-order valence-electron chi connectivity index (χ1n) is 6.95. The van der Waals surface area contributed by atoms with Crippen LogP contribution >= 0.6 is 11.6 Å². The van der Waals surface area contributed by atoms with Gasteiger partial charge in [0.2, 0.25) is 0 Å². The van der Waals surface area contributed by atoms with Gasteiger partial charge in [0.05, 0.1) is 16.4 Å². The third-order valence-electron chi connectivity index (χ3n) is 3.29. The smallest absolute Gasteiger partial charge is 0.149 e. The summed E-state index contributed by atoms with van der Waals surface area (Å²) < 4.78 is 15.9. The van der Waals surface area contributed by atoms with Gasteiger partial charge in [0.15, 0.2) is 0 Å². The Bertz CT molecular complexity index is 656. The maximum atomic E-state index is 14.3. The van der Waals surface area contributed by atoms with Gasteiger partial charge in [-0.05, 0) is 46.2 Å². The summed E-state index contributed by atoms with van der Waals surface area (Å²) in [6.45, 7) is 10.5. The largest absolute Gasteiger partial charge is 0.308 e. The summed E-state index contributed by atoms with van der Waals surface area (Å²) in [5.74, 6) is -0.300. The van der Waals surface area contributed by atoms with Crippen LogP contribution in [-0.2, 0) is 6.54 Å². The third-order valence-corrected chi connectivity index (χ3v) is 3.84. The average molecular weight is 310 g/mol. The van der Waals surface area contributed by atoms with E-state index in [1.54, 1.807) is 10.7 Å². The molecule has 0 saturated heterocycles. The SMILES string of the molecule is Cc1nn(-c2c(F)cccc2CNC(C)(C)C)c(C)c1Cl. The number of nitrogens with one attached hydrogen (secondary N) is 1. The normalized spacial score (nSPS) is 12.0. The highest BCUT2D eigenvalue weighted by Gasteiger charge is 2.18. The van der Waals surface area contributed by atoms with E-state index in [4.69, 9.17) is 11.6 Å². The summed E-state index contributed by atoms with van der Waals surface area (Å²) in [4.78, 5) is 0. The van der Waals surface area contributed by atoms with Gasteiger partial charge in [-0.2, -0.15) is 5.10 Å². The molecule has 0 spiro atoms. The lowest BCUT2D eigenvalue weighted by molar-refractivity contribution is 0.423. The van der Waals surface area contributed by atoms with Crippen molar-refractivity contribution >= 4 is 11.6 Å². The van der Waals surface area contributed by atoms with E-state index in [2.05, 4.69) is 31.2 Å². The second kappa shape index (κ2) is 5.78. The molecule has 1 aromatic carbocycles. The maximum absolute atomic E-state index is 14.3. The van der Waals surface area contributed by atoms with Crippen molar-refractivity contribution in [2.24, 2.45) is 0 Å². The first kappa shape index (κ1) is 16.0. The van der Waals surface area contributed by atoms with Crippen molar-refractivity contribution in [3.63, 3.8) is 0 Å². The number of aromatic nitrogens is 2. The van der Waals surface area contributed by atoms with Crippen molar-refractivity contribution in [1.29, 1.82) is 0 Å². The highest BCUT2D eigenvalue weighted by atomic mass is 35.5. The number of rotatable bonds is 3. The second-order valence-electron chi connectivity index (χ2n) is 6.25. The van der Waals surface area contributed by atoms with Gasteiger partial charge in [-0.3, -0.25) is 0 Å². The molecule has 0 bridgehead atoms. The highest BCUT2D eigenvalue weighted by molar-refractivity contribution is 6.31. The van der Waals surface area contributed by atoms with Crippen LogP contribution in [-0.4, -0.2) is 15.3 Å². The third kappa shape index (κ3) is 3.44. The molecular weight excluding hydrogens is 289 g/mol. The molecule has 1 N–H and O–H groups in total. The molecule has 1 aromatic heterocycles. The van der Waals surface area contributed by atoms with Crippen LogP contribution in [0, 0.1) is 19.7 Å². The van der Waals surface area contributed by atoms with Gasteiger partial charge in [-0.1, -0.05) is 23.7 Å². The van der Waals surface area contributed by atoms with E-state index < -0.39 is 0 Å². The molecular formula is C16H21ClFN3. The van der Waals surface area contributed by atoms with Crippen LogP contribution in [0.2, 0.25) is 5.02 Å². The summed E-state index contributed by atoms with van der Waals surface area (Å²) in [6, 6.07) is 5.06. The molecule has 3 nitrogen and oxygen atoms in total. The summed E-state index contributed by atoms with van der Waals surface area (Å²) >= 11 is 6.18. The predicted molar refractivity (Wildman–Crippen MR) is 84.6 cm³/mol. The molecule has 0 aliphatic heterocycles. The van der Waals surface area contributed by atoms with E-state index in [0.717, 1.165) is 11.3 Å². The summed E-state index contributed by atoms with van der Waals surface area (Å²) in [5, 5.41) is 8.32. The Morgan fingerprint density at radius 3 is 2.48 bits per heavy atom. The minimum Gasteiger partial charge on any atom is -0.308 e. The molecule has 0 saturated carbocycles. The number of aryl methyl sites for hydroxylation is 1. The molecule has 0 amide bonds. The van der Waals surface area contributed by atoms with Crippen LogP contribution in [0.3, 0.4) is 0 Å². The van der Waals surface area contributed by atoms with Crippen LogP contribution in [0.4, 0.5) is 4.39 Å². The summed E-state index contributed by atoms with van der Waals surface area (Å²) in [6.07, 6.45) is 0. The number of para-hydroxylation sites is 1. The molecule has 5 heteroatoms. The van der Waals surface area contributed by atoms with Gasteiger partial charge >= 0.3 is 0 Å². The van der Waals surface area contributed by atoms with E-state index in [1.807, 2.05) is 19.9 Å². The number of halogens is 2. The van der Waals surface area contributed by atoms with Crippen LogP contribution in [0.1, 0.15) is 37.7 Å². The Labute approximate surface area is 130 Å². The first-order valence-corrected chi connectivity index (χ1v) is 7.33. The molecule has 2 aromatic rings. The van der Waals surface area contributed by atoms with E-state index in [-0.39, 0.29) is 11.4 Å². The Hall–Kier alpha value is -1.39. The van der Waals surface area contributed by atoms with Crippen molar-refractivity contribution in [3.8, 4) is 5.69 Å². The van der Waals surface area contributed by atoms with Crippen LogP contribution in [0.25, 0.3) is 5.69 Å². The van der Waals surface area contributed by atoms with E-state index in [9.17, 15) is 4.39 Å². The molecule has 0 unspecified atom stereocenters. The molecule has 21 heavy (non-hydrogen) atoms. The molecule has 0 atom stereocenters. The van der Waals surface area contributed by atoms with Crippen molar-refractivity contribution in [1.82, 2.24) is 15.1 Å². The van der Waals surface area contributed by atoms with Crippen molar-refractivity contribution < 1.29 is 4.39 Å². The number of hydrogen-bond acceptors (Lipinski definition) is 2. The zero-order valence-corrected chi connectivity index (χ0v) is 13.8. The van der Waals surface area contributed by atoms with Gasteiger partial charge in [0.25, 0.3) is 0 Å². The molecule has 1 heterocycles. The van der Waals surface area contributed by atoms with Crippen molar-refractivity contribution in [3.05, 3.63) is 46.0 Å². The van der Waals surface area contributed by atoms with Crippen LogP contribution in [0.5, 0.6) is 0 Å². The number of benzene rings is 1. The lowest BCUT2D eigenvalue weighted by atomic mass is 10.1. The lowest BCUT2D eigenvalue weighted by Gasteiger charge is -2.22. The average Bonchev–Trinajstić information content (AvgIpc) is 2.63. The van der Waals surface area contributed by atoms with Gasteiger partial charge < -0.3 is 5.32 Å². The van der Waals surface area contributed by atoms with Gasteiger partial charge in [-0.25, -0.2) is 9.07 Å². The molecule has 0 radical (unpaired) electrons. The zero-order valence-electron chi connectivity index (χ0n) is 13.1. The minimum absolute atomic E-state index is 0.0453. The molecule has 0 fully saturated rings. The highest BCUT2D eigenvalue weighted by Crippen LogP contribution is 2.26. The summed E-state index contributed by atoms with van der Waals surface area (Å²) in [5.41, 5.74) is 2.72. The fourth-order valence-corrected chi connectivity index (χ4v) is 2.26. The van der Waals surface area contributed by atoms with Gasteiger partial charge in [-0.15, -0.1) is 0 Å². The first-order chi connectivity index (χ1) is 9.70.